The second-order valence-electron chi connectivity index (χ2n) is 15.7. The summed E-state index contributed by atoms with van der Waals surface area (Å²) in [6, 6.07) is 3.28. The molecule has 0 radical (unpaired) electrons. The van der Waals surface area contributed by atoms with Crippen molar-refractivity contribution in [2.45, 2.75) is 97.6 Å². The van der Waals surface area contributed by atoms with E-state index in [1.807, 2.05) is 6.92 Å². The number of piperidine rings is 2. The van der Waals surface area contributed by atoms with Crippen LogP contribution in [0.25, 0.3) is 16.6 Å². The highest BCUT2D eigenvalue weighted by Gasteiger charge is 2.59. The van der Waals surface area contributed by atoms with E-state index < -0.39 is 54.1 Å². The van der Waals surface area contributed by atoms with Gasteiger partial charge in [-0.05, 0) is 104 Å². The van der Waals surface area contributed by atoms with Crippen LogP contribution in [0, 0.1) is 30.5 Å². The normalized spacial score (nSPS) is 23.2. The molecule has 0 spiro atoms. The molecule has 2 aliphatic heterocycles. The zero-order valence-corrected chi connectivity index (χ0v) is 30.5. The van der Waals surface area contributed by atoms with E-state index in [1.54, 1.807) is 48.1 Å². The first-order valence-electron chi connectivity index (χ1n) is 17.7. The van der Waals surface area contributed by atoms with E-state index in [4.69, 9.17) is 4.74 Å². The zero-order chi connectivity index (χ0) is 38.0. The lowest BCUT2D eigenvalue weighted by atomic mass is 9.84. The quantitative estimate of drug-likeness (QED) is 0.193. The van der Waals surface area contributed by atoms with Gasteiger partial charge in [-0.1, -0.05) is 0 Å². The second-order valence-corrected chi connectivity index (χ2v) is 15.7. The molecule has 3 fully saturated rings. The third-order valence-corrected chi connectivity index (χ3v) is 10.5. The van der Waals surface area contributed by atoms with Gasteiger partial charge in [0, 0.05) is 53.9 Å². The average molecular weight is 728 g/mol. The predicted molar refractivity (Wildman–Crippen MR) is 185 cm³/mol. The number of benzene rings is 1. The SMILES string of the molecule is Cc1c(C(=O)[C@@H]2CCN(C(=O)[C@@H]3[C@H]4C[C@H]4CN3C(=O)OC(C)(C)C)[C@@H](C)C2)c2ccncc2n1-c1ccc(F)cc1C(=O)N(CC(F)(F)F)C(C)C. The molecule has 5 atom stereocenters. The molecule has 10 nitrogen and oxygen atoms in total. The molecule has 2 aromatic heterocycles. The molecule has 0 N–H and O–H groups in total. The third-order valence-electron chi connectivity index (χ3n) is 10.5. The van der Waals surface area contributed by atoms with Crippen LogP contribution in [0.2, 0.25) is 0 Å². The van der Waals surface area contributed by atoms with Crippen LogP contribution in [0.4, 0.5) is 22.4 Å². The Morgan fingerprint density at radius 1 is 1.06 bits per heavy atom. The number of hydrogen-bond acceptors (Lipinski definition) is 6. The summed E-state index contributed by atoms with van der Waals surface area (Å²) >= 11 is 0. The summed E-state index contributed by atoms with van der Waals surface area (Å²) < 4.78 is 62.4. The number of nitrogens with zero attached hydrogens (tertiary/aromatic N) is 5. The van der Waals surface area contributed by atoms with Crippen LogP contribution in [0.15, 0.2) is 36.7 Å². The molecule has 1 aliphatic carbocycles. The number of alkyl halides is 3. The lowest BCUT2D eigenvalue weighted by Gasteiger charge is -2.40. The molecule has 280 valence electrons. The number of halogens is 4. The Balaban J connectivity index is 1.28. The van der Waals surface area contributed by atoms with Crippen LogP contribution in [0.3, 0.4) is 0 Å². The first-order chi connectivity index (χ1) is 24.3. The van der Waals surface area contributed by atoms with Crippen molar-refractivity contribution in [2.75, 3.05) is 19.6 Å². The number of fused-ring (bicyclic) bond motifs is 2. The lowest BCUT2D eigenvalue weighted by molar-refractivity contribution is -0.143. The van der Waals surface area contributed by atoms with Crippen LogP contribution in [-0.4, -0.2) is 97.5 Å². The van der Waals surface area contributed by atoms with Crippen molar-refractivity contribution in [3.8, 4) is 5.69 Å². The highest BCUT2D eigenvalue weighted by atomic mass is 19.4. The zero-order valence-electron chi connectivity index (χ0n) is 30.5. The summed E-state index contributed by atoms with van der Waals surface area (Å²) in [4.78, 5) is 63.4. The lowest BCUT2D eigenvalue weighted by Crippen LogP contribution is -2.55. The Hall–Kier alpha value is -4.49. The molecule has 14 heteroatoms. The van der Waals surface area contributed by atoms with Crippen molar-refractivity contribution in [2.24, 2.45) is 17.8 Å². The molecule has 1 saturated carbocycles. The standard InChI is InChI=1S/C38H45F4N5O5/c1-20(2)46(19-38(40,41)42)34(49)28-16-25(39)8-9-29(28)47-22(4)31(26-10-12-43-17-30(26)47)33(48)23-11-13-44(21(3)14-23)35(50)32-27-15-24(27)18-45(32)36(51)52-37(5,6)7/h8-10,12,16-17,20-21,23-24,27,32H,11,13-15,18-19H2,1-7H3/t21-,23+,24-,27-,32-/m0/s1. The Labute approximate surface area is 300 Å². The highest BCUT2D eigenvalue weighted by Crippen LogP contribution is 2.51. The summed E-state index contributed by atoms with van der Waals surface area (Å²) in [5.41, 5.74) is 0.347. The van der Waals surface area contributed by atoms with E-state index in [0.717, 1.165) is 18.6 Å². The van der Waals surface area contributed by atoms with Crippen LogP contribution < -0.4 is 0 Å². The number of hydrogen-bond donors (Lipinski definition) is 0. The number of amides is 3. The molecule has 1 aromatic carbocycles. The molecule has 52 heavy (non-hydrogen) atoms. The van der Waals surface area contributed by atoms with E-state index in [9.17, 15) is 36.7 Å². The first-order valence-corrected chi connectivity index (χ1v) is 17.7. The van der Waals surface area contributed by atoms with Gasteiger partial charge in [-0.2, -0.15) is 13.2 Å². The van der Waals surface area contributed by atoms with E-state index in [-0.39, 0.29) is 40.8 Å². The highest BCUT2D eigenvalue weighted by molar-refractivity contribution is 6.11. The van der Waals surface area contributed by atoms with E-state index in [0.29, 0.717) is 53.0 Å². The monoisotopic (exact) mass is 727 g/mol. The molecule has 4 heterocycles. The third kappa shape index (κ3) is 7.12. The van der Waals surface area contributed by atoms with Gasteiger partial charge in [0.05, 0.1) is 23.0 Å². The topological polar surface area (TPSA) is 105 Å². The van der Waals surface area contributed by atoms with E-state index in [2.05, 4.69) is 4.98 Å². The van der Waals surface area contributed by atoms with E-state index >= 15 is 0 Å². The van der Waals surface area contributed by atoms with Crippen LogP contribution in [0.5, 0.6) is 0 Å². The molecule has 6 rings (SSSR count). The number of carbonyl (C=O) groups is 4. The number of likely N-dealkylation sites (tertiary alicyclic amines) is 2. The minimum Gasteiger partial charge on any atom is -0.444 e. The van der Waals surface area contributed by atoms with Gasteiger partial charge in [0.15, 0.2) is 5.78 Å². The Morgan fingerprint density at radius 3 is 2.40 bits per heavy atom. The smallest absolute Gasteiger partial charge is 0.410 e. The number of Topliss-reactive ketones (excluding diaryl/α,β-unsaturated/α-hetero) is 1. The number of aromatic nitrogens is 2. The first kappa shape index (κ1) is 37.3. The molecule has 3 aromatic rings. The maximum atomic E-state index is 14.7. The number of pyridine rings is 1. The Kier molecular flexibility index (Phi) is 9.67. The summed E-state index contributed by atoms with van der Waals surface area (Å²) in [6.07, 6.45) is -0.525. The maximum Gasteiger partial charge on any atom is 0.410 e. The van der Waals surface area contributed by atoms with Gasteiger partial charge < -0.3 is 19.1 Å². The largest absolute Gasteiger partial charge is 0.444 e. The molecule has 0 unspecified atom stereocenters. The molecular weight excluding hydrogens is 682 g/mol. The van der Waals surface area contributed by atoms with Crippen molar-refractivity contribution >= 4 is 34.6 Å². The molecule has 0 bridgehead atoms. The van der Waals surface area contributed by atoms with Gasteiger partial charge in [0.25, 0.3) is 5.91 Å². The van der Waals surface area contributed by atoms with Gasteiger partial charge in [-0.3, -0.25) is 24.3 Å². The van der Waals surface area contributed by atoms with Crippen LogP contribution in [-0.2, 0) is 9.53 Å². The van der Waals surface area contributed by atoms with Crippen molar-refractivity contribution in [3.05, 3.63) is 59.3 Å². The summed E-state index contributed by atoms with van der Waals surface area (Å²) in [7, 11) is 0. The Morgan fingerprint density at radius 2 is 1.77 bits per heavy atom. The molecule has 3 aliphatic rings. The van der Waals surface area contributed by atoms with Crippen molar-refractivity contribution in [1.29, 1.82) is 0 Å². The summed E-state index contributed by atoms with van der Waals surface area (Å²) in [5.74, 6) is -2.22. The van der Waals surface area contributed by atoms with Gasteiger partial charge in [0.1, 0.15) is 24.0 Å². The van der Waals surface area contributed by atoms with Gasteiger partial charge in [-0.25, -0.2) is 9.18 Å². The van der Waals surface area contributed by atoms with E-state index in [1.165, 1.54) is 32.3 Å². The fourth-order valence-electron chi connectivity index (χ4n) is 8.00. The minimum absolute atomic E-state index is 0.0956. The fourth-order valence-corrected chi connectivity index (χ4v) is 8.00. The number of rotatable bonds is 7. The predicted octanol–water partition coefficient (Wildman–Crippen LogP) is 6.95. The van der Waals surface area contributed by atoms with Crippen LogP contribution >= 0.6 is 0 Å². The van der Waals surface area contributed by atoms with Gasteiger partial charge >= 0.3 is 12.3 Å². The van der Waals surface area contributed by atoms with Gasteiger partial charge in [0.2, 0.25) is 5.91 Å². The number of ether oxygens (including phenoxy) is 1. The van der Waals surface area contributed by atoms with Crippen molar-refractivity contribution in [3.63, 3.8) is 0 Å². The van der Waals surface area contributed by atoms with Crippen molar-refractivity contribution in [1.82, 2.24) is 24.3 Å². The maximum absolute atomic E-state index is 14.7. The summed E-state index contributed by atoms with van der Waals surface area (Å²) in [5, 5.41) is 0.529. The van der Waals surface area contributed by atoms with Crippen LogP contribution in [0.1, 0.15) is 87.2 Å². The summed E-state index contributed by atoms with van der Waals surface area (Å²) in [6.45, 7) is 11.1. The molecular formula is C38H45F4N5O5. The molecule has 2 saturated heterocycles. The number of ketones is 1. The minimum atomic E-state index is -4.68. The molecule has 3 amide bonds. The Bertz CT molecular complexity index is 1920. The second kappa shape index (κ2) is 13.5. The van der Waals surface area contributed by atoms with Crippen molar-refractivity contribution < 1.29 is 41.5 Å². The fraction of sp³-hybridized carbons (Fsp3) is 0.553. The average Bonchev–Trinajstić information content (AvgIpc) is 3.61. The van der Waals surface area contributed by atoms with Gasteiger partial charge in [-0.15, -0.1) is 0 Å². The number of carbonyl (C=O) groups excluding carboxylic acids is 4.